The zero-order valence-electron chi connectivity index (χ0n) is 45.1. The molecule has 0 radical (unpaired) electrons. The average molecular weight is 1120 g/mol. The maximum atomic E-state index is 14.5. The van der Waals surface area contributed by atoms with Gasteiger partial charge in [0.15, 0.2) is 32.9 Å². The molecule has 3 fully saturated rings. The fourth-order valence-corrected chi connectivity index (χ4v) is 14.9. The predicted molar refractivity (Wildman–Crippen MR) is 282 cm³/mol. The Hall–Kier alpha value is -4.27. The van der Waals surface area contributed by atoms with Gasteiger partial charge >= 0.3 is 33.8 Å². The Labute approximate surface area is 447 Å². The van der Waals surface area contributed by atoms with E-state index in [4.69, 9.17) is 37.0 Å². The van der Waals surface area contributed by atoms with Crippen LogP contribution in [0, 0.1) is 10.8 Å². The third-order valence-electron chi connectivity index (χ3n) is 13.9. The monoisotopic (exact) mass is 1120 g/mol. The summed E-state index contributed by atoms with van der Waals surface area (Å²) in [4.78, 5) is 53.6. The second-order valence-corrected chi connectivity index (χ2v) is 27.5. The van der Waals surface area contributed by atoms with Crippen molar-refractivity contribution in [2.45, 2.75) is 198 Å². The average Bonchev–Trinajstić information content (AvgIpc) is 3.77. The zero-order chi connectivity index (χ0) is 54.7. The molecule has 1 N–H and O–H groups in total. The first-order chi connectivity index (χ1) is 36.2. The summed E-state index contributed by atoms with van der Waals surface area (Å²) in [6, 6.07) is 9.27. The molecule has 0 bridgehead atoms. The van der Waals surface area contributed by atoms with Crippen molar-refractivity contribution in [1.29, 1.82) is 0 Å². The van der Waals surface area contributed by atoms with E-state index < -0.39 is 96.7 Å². The summed E-state index contributed by atoms with van der Waals surface area (Å²) in [6.07, 6.45) is 18.4. The lowest BCUT2D eigenvalue weighted by atomic mass is 9.98. The van der Waals surface area contributed by atoms with Crippen molar-refractivity contribution < 1.29 is 59.6 Å². The van der Waals surface area contributed by atoms with E-state index >= 15 is 0 Å². The number of nitrogens with one attached hydrogen (secondary N) is 1. The molecular weight excluding hydrogens is 1040 g/mol. The number of sulfone groups is 1. The number of esters is 2. The second-order valence-electron chi connectivity index (χ2n) is 22.1. The standard InChI is InChI=1S/C52H78N6O15P2S/c1-8-9-10-11-12-13-14-15-16-17-18-19-20-24-32-66-45-44(72-74-58-30-25-28-40(58)52(73-74)33-41(52)76(64,65)38-26-22-21-23-27-38)39(71-46(45)57-31-29-42(59)53-49(57)62)34-56-35-43(54-55-56)75(63,69-36-67-47(60)50(2,3)4)70-37-68-48(61)51(5,6)7/h21-23,26-27,29,31,35,40-41,45-46H,8-20,24-25,28,30,32-34,36-37H2,1-7H3,(H,53,59,62)/t40-,41+,45?,46+,52+,74+/m0/s1. The first-order valence-electron chi connectivity index (χ1n) is 26.9. The van der Waals surface area contributed by atoms with Gasteiger partial charge in [0, 0.05) is 31.5 Å². The highest BCUT2D eigenvalue weighted by atomic mass is 32.2. The summed E-state index contributed by atoms with van der Waals surface area (Å²) >= 11 is 0. The van der Waals surface area contributed by atoms with E-state index in [-0.39, 0.29) is 47.5 Å². The van der Waals surface area contributed by atoms with Crippen LogP contribution < -0.4 is 16.7 Å². The molecule has 1 aromatic carbocycles. The number of aromatic nitrogens is 5. The lowest BCUT2D eigenvalue weighted by Gasteiger charge is -2.25. The molecule has 0 amide bonds. The Morgan fingerprint density at radius 2 is 1.45 bits per heavy atom. The van der Waals surface area contributed by atoms with E-state index in [1.165, 1.54) is 85.5 Å². The van der Waals surface area contributed by atoms with Crippen LogP contribution in [0.4, 0.5) is 0 Å². The van der Waals surface area contributed by atoms with Gasteiger partial charge in [-0.05, 0) is 79.4 Å². The number of benzene rings is 1. The largest absolute Gasteiger partial charge is 0.465 e. The number of hydrogen-bond donors (Lipinski definition) is 1. The summed E-state index contributed by atoms with van der Waals surface area (Å²) in [5.41, 5.74) is -4.58. The minimum absolute atomic E-state index is 0.104. The minimum atomic E-state index is -4.55. The first kappa shape index (κ1) is 59.4. The lowest BCUT2D eigenvalue weighted by molar-refractivity contribution is -0.161. The number of allylic oxidation sites excluding steroid dienone is 1. The molecule has 5 heterocycles. The predicted octanol–water partition coefficient (Wildman–Crippen LogP) is 9.10. The molecule has 76 heavy (non-hydrogen) atoms. The number of H-pyrrole nitrogens is 1. The molecule has 21 nitrogen and oxygen atoms in total. The summed E-state index contributed by atoms with van der Waals surface area (Å²) in [5, 5.41) is 7.52. The third kappa shape index (κ3) is 14.9. The van der Waals surface area contributed by atoms with Gasteiger partial charge in [0.25, 0.3) is 5.56 Å². The summed E-state index contributed by atoms with van der Waals surface area (Å²) in [5.74, 6) is -1.05. The first-order valence-corrected chi connectivity index (χ1v) is 31.1. The van der Waals surface area contributed by atoms with Gasteiger partial charge < -0.3 is 28.0 Å². The molecule has 1 unspecified atom stereocenters. The zero-order valence-corrected chi connectivity index (χ0v) is 47.8. The molecule has 3 aliphatic heterocycles. The normalized spacial score (nSPS) is 22.8. The molecule has 2 aromatic heterocycles. The van der Waals surface area contributed by atoms with Crippen LogP contribution in [0.5, 0.6) is 0 Å². The van der Waals surface area contributed by atoms with Crippen molar-refractivity contribution in [1.82, 2.24) is 29.2 Å². The van der Waals surface area contributed by atoms with E-state index in [1.54, 1.807) is 71.9 Å². The van der Waals surface area contributed by atoms with E-state index in [0.29, 0.717) is 19.4 Å². The van der Waals surface area contributed by atoms with Crippen molar-refractivity contribution in [2.75, 3.05) is 26.7 Å². The number of nitrogens with zero attached hydrogens (tertiary/aromatic N) is 5. The van der Waals surface area contributed by atoms with Crippen LogP contribution in [-0.2, 0) is 67.6 Å². The molecule has 1 saturated carbocycles. The molecule has 2 saturated heterocycles. The Morgan fingerprint density at radius 3 is 2.03 bits per heavy atom. The molecule has 422 valence electrons. The van der Waals surface area contributed by atoms with Crippen LogP contribution in [0.1, 0.15) is 164 Å². The quantitative estimate of drug-likeness (QED) is 0.0283. The van der Waals surface area contributed by atoms with Gasteiger partial charge in [-0.2, -0.15) is 0 Å². The summed E-state index contributed by atoms with van der Waals surface area (Å²) < 4.78 is 95.8. The molecule has 3 aromatic rings. The number of unbranched alkanes of at least 4 members (excludes halogenated alkanes) is 13. The molecule has 24 heteroatoms. The van der Waals surface area contributed by atoms with Crippen LogP contribution in [0.3, 0.4) is 0 Å². The molecule has 4 aliphatic rings. The molecule has 1 spiro atoms. The van der Waals surface area contributed by atoms with E-state index in [0.717, 1.165) is 32.1 Å². The SMILES string of the molecule is CCCCCCCCCCCCCCCCOC1C(O[P@]2O[C@]3(C[C@H]3S(=O)(=O)c3ccccc3)[C@@H]3CCCN32)=C(Cn2cc(P(=O)(OCOC(=O)C(C)(C)C)OCOC(=O)C(C)(C)C)nn2)O[C@H]1n1ccc(=O)[nH]c1=O. The number of rotatable bonds is 30. The third-order valence-corrected chi connectivity index (χ3v) is 19.5. The van der Waals surface area contributed by atoms with Crippen LogP contribution in [0.15, 0.2) is 74.8 Å². The van der Waals surface area contributed by atoms with Gasteiger partial charge in [0.05, 0.1) is 27.2 Å². The maximum absolute atomic E-state index is 14.5. The Bertz CT molecular complexity index is 2700. The van der Waals surface area contributed by atoms with E-state index in [2.05, 4.69) is 26.9 Å². The molecule has 6 atom stereocenters. The van der Waals surface area contributed by atoms with Gasteiger partial charge in [-0.3, -0.25) is 37.5 Å². The van der Waals surface area contributed by atoms with Crippen LogP contribution >= 0.6 is 16.1 Å². The number of carbonyl (C=O) groups excluding carboxylic acids is 2. The minimum Gasteiger partial charge on any atom is -0.465 e. The number of carbonyl (C=O) groups is 2. The Balaban J connectivity index is 1.14. The van der Waals surface area contributed by atoms with Crippen molar-refractivity contribution in [3.05, 3.63) is 81.1 Å². The van der Waals surface area contributed by atoms with Crippen molar-refractivity contribution in [2.24, 2.45) is 10.8 Å². The summed E-state index contributed by atoms with van der Waals surface area (Å²) in [7, 11) is -10.3. The lowest BCUT2D eigenvalue weighted by Crippen LogP contribution is -2.37. The van der Waals surface area contributed by atoms with Crippen LogP contribution in [-0.4, -0.2) is 99.3 Å². The van der Waals surface area contributed by atoms with E-state index in [1.807, 2.05) is 0 Å². The maximum Gasteiger partial charge on any atom is 0.388 e. The highest BCUT2D eigenvalue weighted by molar-refractivity contribution is 7.92. The Morgan fingerprint density at radius 1 is 0.855 bits per heavy atom. The number of ether oxygens (including phenoxy) is 4. The fourth-order valence-electron chi connectivity index (χ4n) is 9.49. The van der Waals surface area contributed by atoms with Gasteiger partial charge in [0.2, 0.25) is 19.8 Å². The van der Waals surface area contributed by atoms with Crippen molar-refractivity contribution >= 4 is 43.3 Å². The number of fused-ring (bicyclic) bond motifs is 2. The highest BCUT2D eigenvalue weighted by Crippen LogP contribution is 2.70. The topological polar surface area (TPSA) is 248 Å². The number of hydrogen-bond acceptors (Lipinski definition) is 18. The number of aromatic amines is 1. The van der Waals surface area contributed by atoms with Gasteiger partial charge in [0.1, 0.15) is 12.1 Å². The van der Waals surface area contributed by atoms with Crippen LogP contribution in [0.25, 0.3) is 0 Å². The van der Waals surface area contributed by atoms with Gasteiger partial charge in [-0.1, -0.05) is 114 Å². The summed E-state index contributed by atoms with van der Waals surface area (Å²) in [6.45, 7) is 11.0. The van der Waals surface area contributed by atoms with Crippen LogP contribution in [0.2, 0.25) is 0 Å². The van der Waals surface area contributed by atoms with Crippen molar-refractivity contribution in [3.8, 4) is 0 Å². The molecular formula is C52H78N6O15P2S. The fraction of sp³-hybridized carbons (Fsp3) is 0.692. The van der Waals surface area contributed by atoms with E-state index in [9.17, 15) is 32.2 Å². The smallest absolute Gasteiger partial charge is 0.388 e. The van der Waals surface area contributed by atoms with Gasteiger partial charge in [-0.25, -0.2) is 22.6 Å². The highest BCUT2D eigenvalue weighted by Gasteiger charge is 2.74. The molecule has 1 aliphatic carbocycles. The second kappa shape index (κ2) is 26.1. The van der Waals surface area contributed by atoms with Crippen molar-refractivity contribution in [3.63, 3.8) is 0 Å². The molecule has 7 rings (SSSR count). The Kier molecular flexibility index (Phi) is 20.4. The van der Waals surface area contributed by atoms with Gasteiger partial charge in [-0.15, -0.1) is 5.10 Å².